The molecule has 0 heterocycles. The Balaban J connectivity index is 4.17. The van der Waals surface area contributed by atoms with E-state index in [4.69, 9.17) is 9.05 Å². The first kappa shape index (κ1) is 77.9. The third kappa shape index (κ3) is 63.5. The molecule has 0 fully saturated rings. The van der Waals surface area contributed by atoms with Gasteiger partial charge in [-0.05, 0) is 83.5 Å². The van der Waals surface area contributed by atoms with Crippen molar-refractivity contribution in [2.75, 3.05) is 40.9 Å². The molecule has 3 atom stereocenters. The molecule has 8 nitrogen and oxygen atoms in total. The lowest BCUT2D eigenvalue weighted by molar-refractivity contribution is -0.870. The number of carbonyl (C=O) groups is 1. The van der Waals surface area contributed by atoms with Gasteiger partial charge in [0.05, 0.1) is 39.9 Å². The number of allylic oxidation sites excluding steroid dienone is 11. The monoisotopic (exact) mass is 1140 g/mol. The minimum Gasteiger partial charge on any atom is -0.387 e. The molecule has 0 saturated heterocycles. The van der Waals surface area contributed by atoms with Crippen LogP contribution in [-0.2, 0) is 18.4 Å². The van der Waals surface area contributed by atoms with Crippen molar-refractivity contribution in [3.05, 3.63) is 72.9 Å². The molecule has 0 aliphatic rings. The molecule has 3 unspecified atom stereocenters. The van der Waals surface area contributed by atoms with Gasteiger partial charge in [-0.25, -0.2) is 4.57 Å². The molecule has 0 aromatic heterocycles. The number of phosphoric ester groups is 1. The van der Waals surface area contributed by atoms with Crippen molar-refractivity contribution in [2.45, 2.75) is 334 Å². The highest BCUT2D eigenvalue weighted by Gasteiger charge is 2.28. The number of unbranched alkanes of at least 4 members (excludes halogenated alkanes) is 40. The van der Waals surface area contributed by atoms with Crippen LogP contribution in [0.2, 0.25) is 0 Å². The van der Waals surface area contributed by atoms with Crippen LogP contribution < -0.4 is 5.32 Å². The Morgan fingerprint density at radius 2 is 0.725 bits per heavy atom. The number of quaternary nitrogens is 1. The number of amides is 1. The van der Waals surface area contributed by atoms with E-state index in [0.29, 0.717) is 17.4 Å². The highest BCUT2D eigenvalue weighted by Crippen LogP contribution is 2.43. The Labute approximate surface area is 497 Å². The van der Waals surface area contributed by atoms with Gasteiger partial charge >= 0.3 is 7.82 Å². The summed E-state index contributed by atoms with van der Waals surface area (Å²) in [6, 6.07) is -0.876. The number of aliphatic hydroxyl groups excluding tert-OH is 1. The van der Waals surface area contributed by atoms with E-state index in [9.17, 15) is 19.4 Å². The average molecular weight is 1140 g/mol. The van der Waals surface area contributed by atoms with Crippen molar-refractivity contribution in [1.29, 1.82) is 0 Å². The van der Waals surface area contributed by atoms with Crippen molar-refractivity contribution in [2.24, 2.45) is 0 Å². The molecule has 3 N–H and O–H groups in total. The maximum atomic E-state index is 13.0. The SMILES string of the molecule is CCCCCCC/C=C\C/C=C\C/C=C\CCCCCCCCCCCCCCC(=O)NC(COP(=O)(O)OCC[N+](C)(C)C)C(O)/C=C/CC/C=C/CC/C=C/CCCCCCCCCCCCCCCCCCCCCCC. The van der Waals surface area contributed by atoms with Crippen molar-refractivity contribution < 1.29 is 32.9 Å². The molecule has 0 aliphatic heterocycles. The van der Waals surface area contributed by atoms with Crippen molar-refractivity contribution >= 4 is 13.7 Å². The first-order chi connectivity index (χ1) is 39.0. The molecule has 9 heteroatoms. The summed E-state index contributed by atoms with van der Waals surface area (Å²) >= 11 is 0. The molecule has 0 rings (SSSR count). The van der Waals surface area contributed by atoms with Gasteiger partial charge in [-0.3, -0.25) is 13.8 Å². The second-order valence-electron chi connectivity index (χ2n) is 24.5. The van der Waals surface area contributed by atoms with E-state index in [2.05, 4.69) is 79.9 Å². The van der Waals surface area contributed by atoms with Crippen LogP contribution in [-0.4, -0.2) is 73.4 Å². The zero-order chi connectivity index (χ0) is 58.4. The molecule has 80 heavy (non-hydrogen) atoms. The molecule has 0 bridgehead atoms. The molecule has 0 aromatic carbocycles. The number of nitrogens with one attached hydrogen (secondary N) is 1. The number of likely N-dealkylation sites (N-methyl/N-ethyl adjacent to an activating group) is 1. The Morgan fingerprint density at radius 3 is 1.09 bits per heavy atom. The summed E-state index contributed by atoms with van der Waals surface area (Å²) in [6.45, 7) is 4.81. The second-order valence-corrected chi connectivity index (χ2v) is 26.0. The third-order valence-electron chi connectivity index (χ3n) is 15.4. The predicted octanol–water partition coefficient (Wildman–Crippen LogP) is 21.8. The predicted molar refractivity (Wildman–Crippen MR) is 350 cm³/mol. The number of rotatable bonds is 63. The highest BCUT2D eigenvalue weighted by molar-refractivity contribution is 7.47. The molecule has 0 saturated carbocycles. The van der Waals surface area contributed by atoms with Gasteiger partial charge < -0.3 is 19.8 Å². The average Bonchev–Trinajstić information content (AvgIpc) is 3.42. The van der Waals surface area contributed by atoms with Gasteiger partial charge in [-0.2, -0.15) is 0 Å². The molecule has 468 valence electrons. The Bertz CT molecular complexity index is 1530. The summed E-state index contributed by atoms with van der Waals surface area (Å²) in [5, 5.41) is 14.0. The first-order valence-corrected chi connectivity index (χ1v) is 35.8. The van der Waals surface area contributed by atoms with Crippen LogP contribution in [0.3, 0.4) is 0 Å². The molecule has 0 aromatic rings. The summed E-state index contributed by atoms with van der Waals surface area (Å²) in [4.78, 5) is 23.4. The van der Waals surface area contributed by atoms with Gasteiger partial charge in [0.25, 0.3) is 0 Å². The fourth-order valence-electron chi connectivity index (χ4n) is 10.0. The van der Waals surface area contributed by atoms with Gasteiger partial charge in [-0.1, -0.05) is 305 Å². The number of aliphatic hydroxyl groups is 1. The van der Waals surface area contributed by atoms with Crippen LogP contribution in [0.25, 0.3) is 0 Å². The van der Waals surface area contributed by atoms with Crippen LogP contribution in [0.15, 0.2) is 72.9 Å². The molecule has 0 aliphatic carbocycles. The zero-order valence-electron chi connectivity index (χ0n) is 53.6. The second kappa shape index (κ2) is 61.5. The Morgan fingerprint density at radius 1 is 0.425 bits per heavy atom. The van der Waals surface area contributed by atoms with Gasteiger partial charge in [0.2, 0.25) is 5.91 Å². The summed E-state index contributed by atoms with van der Waals surface area (Å²) in [5.41, 5.74) is 0. The van der Waals surface area contributed by atoms with E-state index in [1.165, 1.54) is 244 Å². The van der Waals surface area contributed by atoms with E-state index in [0.717, 1.165) is 57.8 Å². The van der Waals surface area contributed by atoms with E-state index < -0.39 is 20.0 Å². The van der Waals surface area contributed by atoms with Crippen molar-refractivity contribution in [3.8, 4) is 0 Å². The van der Waals surface area contributed by atoms with E-state index in [1.807, 2.05) is 27.2 Å². The quantitative estimate of drug-likeness (QED) is 0.0243. The van der Waals surface area contributed by atoms with Crippen LogP contribution in [0.5, 0.6) is 0 Å². The molecular weight excluding hydrogens is 1010 g/mol. The van der Waals surface area contributed by atoms with Gasteiger partial charge in [0, 0.05) is 6.42 Å². The first-order valence-electron chi connectivity index (χ1n) is 34.3. The van der Waals surface area contributed by atoms with E-state index >= 15 is 0 Å². The zero-order valence-corrected chi connectivity index (χ0v) is 54.5. The Hall–Kier alpha value is -2.06. The summed E-state index contributed by atoms with van der Waals surface area (Å²) < 4.78 is 23.8. The van der Waals surface area contributed by atoms with Crippen LogP contribution in [0.4, 0.5) is 0 Å². The largest absolute Gasteiger partial charge is 0.472 e. The lowest BCUT2D eigenvalue weighted by atomic mass is 10.0. The number of phosphoric acid groups is 1. The fourth-order valence-corrected chi connectivity index (χ4v) is 10.8. The smallest absolute Gasteiger partial charge is 0.387 e. The minimum atomic E-state index is -4.37. The van der Waals surface area contributed by atoms with Crippen molar-refractivity contribution in [1.82, 2.24) is 5.32 Å². The highest BCUT2D eigenvalue weighted by atomic mass is 31.2. The topological polar surface area (TPSA) is 105 Å². The Kier molecular flexibility index (Phi) is 59.9. The summed E-state index contributed by atoms with van der Waals surface area (Å²) in [5.74, 6) is -0.191. The van der Waals surface area contributed by atoms with E-state index in [-0.39, 0.29) is 19.1 Å². The number of carbonyl (C=O) groups excluding carboxylic acids is 1. The van der Waals surface area contributed by atoms with Crippen molar-refractivity contribution in [3.63, 3.8) is 0 Å². The fraction of sp³-hybridized carbons (Fsp3) is 0.817. The van der Waals surface area contributed by atoms with Crippen LogP contribution >= 0.6 is 7.82 Å². The molecule has 0 radical (unpaired) electrons. The van der Waals surface area contributed by atoms with Gasteiger partial charge in [-0.15, -0.1) is 0 Å². The lowest BCUT2D eigenvalue weighted by Crippen LogP contribution is -2.45. The number of hydrogen-bond donors (Lipinski definition) is 3. The number of hydrogen-bond acceptors (Lipinski definition) is 5. The molecular formula is C71H134N2O6P+. The summed E-state index contributed by atoms with van der Waals surface area (Å²) in [6.07, 6.45) is 86.2. The number of nitrogens with zero attached hydrogens (tertiary/aromatic N) is 1. The minimum absolute atomic E-state index is 0.0510. The maximum absolute atomic E-state index is 13.0. The van der Waals surface area contributed by atoms with Crippen LogP contribution in [0, 0.1) is 0 Å². The summed E-state index contributed by atoms with van der Waals surface area (Å²) in [7, 11) is 1.55. The normalized spacial score (nSPS) is 14.1. The molecule has 1 amide bonds. The third-order valence-corrected chi connectivity index (χ3v) is 16.4. The lowest BCUT2D eigenvalue weighted by Gasteiger charge is -2.25. The van der Waals surface area contributed by atoms with Gasteiger partial charge in [0.1, 0.15) is 13.2 Å². The van der Waals surface area contributed by atoms with E-state index in [1.54, 1.807) is 6.08 Å². The van der Waals surface area contributed by atoms with Crippen LogP contribution in [0.1, 0.15) is 322 Å². The molecule has 0 spiro atoms. The standard InChI is InChI=1S/C71H133N2O6P/c1-6-8-10-12-14-16-18-20-22-24-26-28-30-32-34-35-36-37-39-40-42-44-46-48-50-52-54-56-58-60-62-64-70(74)69(68-79-80(76,77)78-67-66-73(3,4)5)72-71(75)65-63-61-59-57-55-53-51-49-47-45-43-41-38-33-31-29-27-25-23-21-19-17-15-13-11-9-7-2/h19,21,25,27,31,33,46,48,54,56,62,64,69-70,74H,6-18,20,22-24,26,28-30,32,34-45,47,49-53,55,57-61,63,65-68H2,1-5H3,(H-,72,75,76,77)/p+1/b21-19-,27-25-,33-31-,48-46+,56-54+,64-62+. The maximum Gasteiger partial charge on any atom is 0.472 e. The van der Waals surface area contributed by atoms with Gasteiger partial charge in [0.15, 0.2) is 0 Å².